The molecule has 1 atom stereocenters. The lowest BCUT2D eigenvalue weighted by molar-refractivity contribution is -0.140. The predicted octanol–water partition coefficient (Wildman–Crippen LogP) is 6.18. The Hall–Kier alpha value is -2.98. The molecule has 0 aliphatic heterocycles. The van der Waals surface area contributed by atoms with Crippen molar-refractivity contribution in [2.75, 3.05) is 24.5 Å². The standard InChI is InChI=1S/C29H32Cl3N3O5S/c1-4-15-33-29(37)25(5-2)34(18-20-11-13-23(31)24(32)16-20)28(36)19-35(26-17-21(30)12-14-27(26)40-3)41(38,39)22-9-7-6-8-10-22/h6-14,16-17,25H,4-5,15,18-19H2,1-3H3,(H,33,37). The number of anilines is 1. The normalized spacial score (nSPS) is 12.0. The largest absolute Gasteiger partial charge is 0.495 e. The SMILES string of the molecule is CCCNC(=O)C(CC)N(Cc1ccc(Cl)c(Cl)c1)C(=O)CN(c1cc(Cl)ccc1OC)S(=O)(=O)c1ccccc1. The van der Waals surface area contributed by atoms with E-state index >= 15 is 0 Å². The van der Waals surface area contributed by atoms with Gasteiger partial charge in [-0.3, -0.25) is 13.9 Å². The van der Waals surface area contributed by atoms with Crippen LogP contribution in [-0.4, -0.2) is 51.4 Å². The molecule has 0 saturated heterocycles. The molecule has 220 valence electrons. The van der Waals surface area contributed by atoms with E-state index in [0.717, 1.165) is 4.31 Å². The van der Waals surface area contributed by atoms with Gasteiger partial charge in [-0.1, -0.05) is 72.9 Å². The zero-order valence-corrected chi connectivity index (χ0v) is 26.0. The van der Waals surface area contributed by atoms with Crippen molar-refractivity contribution in [1.82, 2.24) is 10.2 Å². The van der Waals surface area contributed by atoms with E-state index in [1.807, 2.05) is 6.92 Å². The molecule has 0 aliphatic carbocycles. The van der Waals surface area contributed by atoms with E-state index in [4.69, 9.17) is 39.5 Å². The maximum atomic E-state index is 14.1. The number of rotatable bonds is 13. The van der Waals surface area contributed by atoms with Crippen LogP contribution in [0.4, 0.5) is 5.69 Å². The summed E-state index contributed by atoms with van der Waals surface area (Å²) in [5.41, 5.74) is 0.697. The number of sulfonamides is 1. The van der Waals surface area contributed by atoms with Crippen LogP contribution in [0.1, 0.15) is 32.3 Å². The number of hydrogen-bond acceptors (Lipinski definition) is 5. The van der Waals surface area contributed by atoms with E-state index in [-0.39, 0.29) is 45.3 Å². The predicted molar refractivity (Wildman–Crippen MR) is 163 cm³/mol. The van der Waals surface area contributed by atoms with Gasteiger partial charge in [-0.2, -0.15) is 0 Å². The number of carbonyl (C=O) groups is 2. The van der Waals surface area contributed by atoms with Gasteiger partial charge in [-0.25, -0.2) is 8.42 Å². The topological polar surface area (TPSA) is 96.0 Å². The van der Waals surface area contributed by atoms with Crippen molar-refractivity contribution < 1.29 is 22.7 Å². The second-order valence-electron chi connectivity index (χ2n) is 9.13. The number of carbonyl (C=O) groups excluding carboxylic acids is 2. The maximum absolute atomic E-state index is 14.1. The highest BCUT2D eigenvalue weighted by Crippen LogP contribution is 2.35. The van der Waals surface area contributed by atoms with E-state index in [1.54, 1.807) is 49.4 Å². The summed E-state index contributed by atoms with van der Waals surface area (Å²) in [6, 6.07) is 16.3. The van der Waals surface area contributed by atoms with E-state index < -0.39 is 28.5 Å². The Balaban J connectivity index is 2.12. The molecule has 0 aliphatic rings. The third kappa shape index (κ3) is 8.07. The molecule has 0 bridgehead atoms. The van der Waals surface area contributed by atoms with Crippen LogP contribution >= 0.6 is 34.8 Å². The molecule has 1 unspecified atom stereocenters. The highest BCUT2D eigenvalue weighted by Gasteiger charge is 2.34. The quantitative estimate of drug-likeness (QED) is 0.241. The number of nitrogens with one attached hydrogen (secondary N) is 1. The number of nitrogens with zero attached hydrogens (tertiary/aromatic N) is 2. The minimum atomic E-state index is -4.28. The van der Waals surface area contributed by atoms with Crippen molar-refractivity contribution in [1.29, 1.82) is 0 Å². The average molecular weight is 641 g/mol. The fourth-order valence-electron chi connectivity index (χ4n) is 4.21. The first-order valence-electron chi connectivity index (χ1n) is 13.0. The second-order valence-corrected chi connectivity index (χ2v) is 12.2. The molecule has 0 aromatic heterocycles. The molecule has 3 aromatic carbocycles. The van der Waals surface area contributed by atoms with Gasteiger partial charge in [-0.05, 0) is 60.9 Å². The molecule has 0 radical (unpaired) electrons. The lowest BCUT2D eigenvalue weighted by Crippen LogP contribution is -2.52. The van der Waals surface area contributed by atoms with E-state index in [9.17, 15) is 18.0 Å². The van der Waals surface area contributed by atoms with E-state index in [2.05, 4.69) is 5.32 Å². The first-order chi connectivity index (χ1) is 19.5. The molecule has 3 aromatic rings. The van der Waals surface area contributed by atoms with E-state index in [1.165, 1.54) is 36.3 Å². The van der Waals surface area contributed by atoms with Crippen LogP contribution in [-0.2, 0) is 26.2 Å². The third-order valence-corrected chi connectivity index (χ3v) is 9.04. The highest BCUT2D eigenvalue weighted by molar-refractivity contribution is 7.92. The van der Waals surface area contributed by atoms with Crippen LogP contribution in [0.3, 0.4) is 0 Å². The zero-order valence-electron chi connectivity index (χ0n) is 22.9. The molecule has 0 saturated carbocycles. The fourth-order valence-corrected chi connectivity index (χ4v) is 6.14. The number of hydrogen-bond donors (Lipinski definition) is 1. The molecule has 41 heavy (non-hydrogen) atoms. The molecule has 1 N–H and O–H groups in total. The van der Waals surface area contributed by atoms with Gasteiger partial charge in [-0.15, -0.1) is 0 Å². The Morgan fingerprint density at radius 2 is 1.66 bits per heavy atom. The van der Waals surface area contributed by atoms with E-state index in [0.29, 0.717) is 23.6 Å². The highest BCUT2D eigenvalue weighted by atomic mass is 35.5. The minimum Gasteiger partial charge on any atom is -0.495 e. The van der Waals surface area contributed by atoms with Crippen LogP contribution in [0.2, 0.25) is 15.1 Å². The van der Waals surface area contributed by atoms with Gasteiger partial charge in [0.2, 0.25) is 11.8 Å². The lowest BCUT2D eigenvalue weighted by Gasteiger charge is -2.33. The summed E-state index contributed by atoms with van der Waals surface area (Å²) in [5.74, 6) is -0.762. The average Bonchev–Trinajstić information content (AvgIpc) is 2.96. The van der Waals surface area contributed by atoms with Crippen LogP contribution in [0, 0.1) is 0 Å². The molecule has 0 spiro atoms. The van der Waals surface area contributed by atoms with Gasteiger partial charge in [0.05, 0.1) is 27.7 Å². The molecule has 3 rings (SSSR count). The first kappa shape index (κ1) is 32.5. The minimum absolute atomic E-state index is 0.0142. The zero-order chi connectivity index (χ0) is 30.2. The molecular weight excluding hydrogens is 609 g/mol. The molecule has 12 heteroatoms. The van der Waals surface area contributed by atoms with Gasteiger partial charge >= 0.3 is 0 Å². The summed E-state index contributed by atoms with van der Waals surface area (Å²) >= 11 is 18.6. The van der Waals surface area contributed by atoms with Gasteiger partial charge in [0, 0.05) is 18.1 Å². The summed E-state index contributed by atoms with van der Waals surface area (Å²) in [7, 11) is -2.88. The number of methoxy groups -OCH3 is 1. The van der Waals surface area contributed by atoms with Crippen molar-refractivity contribution in [2.45, 2.75) is 44.2 Å². The molecule has 0 heterocycles. The van der Waals surface area contributed by atoms with Gasteiger partial charge in [0.1, 0.15) is 18.3 Å². The Bertz CT molecular complexity index is 1470. The summed E-state index contributed by atoms with van der Waals surface area (Å²) in [5, 5.41) is 3.72. The second kappa shape index (κ2) is 14.8. The number of benzene rings is 3. The van der Waals surface area contributed by atoms with Crippen LogP contribution < -0.4 is 14.4 Å². The lowest BCUT2D eigenvalue weighted by atomic mass is 10.1. The molecule has 8 nitrogen and oxygen atoms in total. The first-order valence-corrected chi connectivity index (χ1v) is 15.5. The van der Waals surface area contributed by atoms with Gasteiger partial charge in [0.15, 0.2) is 0 Å². The smallest absolute Gasteiger partial charge is 0.264 e. The van der Waals surface area contributed by atoms with Crippen molar-refractivity contribution in [3.63, 3.8) is 0 Å². The molecule has 0 fully saturated rings. The number of amides is 2. The van der Waals surface area contributed by atoms with Crippen LogP contribution in [0.25, 0.3) is 0 Å². The van der Waals surface area contributed by atoms with Crippen molar-refractivity contribution in [3.05, 3.63) is 87.4 Å². The van der Waals surface area contributed by atoms with Crippen molar-refractivity contribution in [3.8, 4) is 5.75 Å². The fraction of sp³-hybridized carbons (Fsp3) is 0.310. The molecular formula is C29H32Cl3N3O5S. The summed E-state index contributed by atoms with van der Waals surface area (Å²) in [6.07, 6.45) is 0.995. The van der Waals surface area contributed by atoms with Crippen molar-refractivity contribution in [2.24, 2.45) is 0 Å². The number of halogens is 3. The third-order valence-electron chi connectivity index (χ3n) is 6.29. The summed E-state index contributed by atoms with van der Waals surface area (Å²) < 4.78 is 34.3. The van der Waals surface area contributed by atoms with Crippen molar-refractivity contribution >= 4 is 62.3 Å². The maximum Gasteiger partial charge on any atom is 0.264 e. The Labute approximate surface area is 256 Å². The van der Waals surface area contributed by atoms with Gasteiger partial charge < -0.3 is 15.0 Å². The molecule has 2 amide bonds. The van der Waals surface area contributed by atoms with Crippen LogP contribution in [0.5, 0.6) is 5.75 Å². The Kier molecular flexibility index (Phi) is 11.7. The summed E-state index contributed by atoms with van der Waals surface area (Å²) in [4.78, 5) is 28.6. The van der Waals surface area contributed by atoms with Gasteiger partial charge in [0.25, 0.3) is 10.0 Å². The summed E-state index contributed by atoms with van der Waals surface area (Å²) in [6.45, 7) is 3.49. The monoisotopic (exact) mass is 639 g/mol. The van der Waals surface area contributed by atoms with Crippen LogP contribution in [0.15, 0.2) is 71.6 Å². The Morgan fingerprint density at radius 1 is 0.951 bits per heavy atom. The number of ether oxygens (including phenoxy) is 1. The Morgan fingerprint density at radius 3 is 2.27 bits per heavy atom.